The Morgan fingerprint density at radius 3 is 2.28 bits per heavy atom. The van der Waals surface area contributed by atoms with E-state index in [0.29, 0.717) is 48.3 Å². The van der Waals surface area contributed by atoms with Gasteiger partial charge in [-0.1, -0.05) is 0 Å². The number of fused-ring (bicyclic) bond motifs is 1. The van der Waals surface area contributed by atoms with E-state index in [1.165, 1.54) is 21.3 Å². The first-order valence-corrected chi connectivity index (χ1v) is 10.1. The SMILES string of the molecule is COc1cc(NC(=O)Nc2n[nH]c3c2CCN(C(=O)OC(C)(C)C)C3)cc(OC)c1OC. The number of nitrogens with zero attached hydrogens (tertiary/aromatic N) is 2. The summed E-state index contributed by atoms with van der Waals surface area (Å²) in [7, 11) is 4.50. The molecule has 0 bridgehead atoms. The molecule has 0 spiro atoms. The van der Waals surface area contributed by atoms with Gasteiger partial charge in [0.15, 0.2) is 17.3 Å². The van der Waals surface area contributed by atoms with Crippen LogP contribution in [0.4, 0.5) is 21.1 Å². The molecule has 3 N–H and O–H groups in total. The Morgan fingerprint density at radius 2 is 1.72 bits per heavy atom. The van der Waals surface area contributed by atoms with Crippen LogP contribution in [0.3, 0.4) is 0 Å². The Hall–Kier alpha value is -3.63. The van der Waals surface area contributed by atoms with Crippen molar-refractivity contribution in [3.63, 3.8) is 0 Å². The number of methoxy groups -OCH3 is 3. The zero-order chi connectivity index (χ0) is 23.5. The summed E-state index contributed by atoms with van der Waals surface area (Å²) in [6, 6.07) is 2.77. The molecule has 11 heteroatoms. The van der Waals surface area contributed by atoms with Crippen molar-refractivity contribution in [2.24, 2.45) is 0 Å². The number of nitrogens with one attached hydrogen (secondary N) is 3. The monoisotopic (exact) mass is 447 g/mol. The van der Waals surface area contributed by atoms with Crippen LogP contribution in [0.2, 0.25) is 0 Å². The summed E-state index contributed by atoms with van der Waals surface area (Å²) in [6.07, 6.45) is 0.151. The molecule has 1 aliphatic rings. The van der Waals surface area contributed by atoms with E-state index >= 15 is 0 Å². The van der Waals surface area contributed by atoms with Crippen molar-refractivity contribution in [2.75, 3.05) is 38.5 Å². The van der Waals surface area contributed by atoms with E-state index in [-0.39, 0.29) is 6.09 Å². The van der Waals surface area contributed by atoms with Crippen LogP contribution in [-0.4, -0.2) is 60.7 Å². The van der Waals surface area contributed by atoms with Crippen molar-refractivity contribution < 1.29 is 28.5 Å². The largest absolute Gasteiger partial charge is 0.493 e. The number of H-pyrrole nitrogens is 1. The number of ether oxygens (including phenoxy) is 4. The normalized spacial score (nSPS) is 13.1. The van der Waals surface area contributed by atoms with Crippen molar-refractivity contribution >= 4 is 23.6 Å². The number of carbonyl (C=O) groups is 2. The maximum absolute atomic E-state index is 12.6. The molecule has 11 nitrogen and oxygen atoms in total. The number of amides is 3. The molecule has 2 heterocycles. The van der Waals surface area contributed by atoms with E-state index in [9.17, 15) is 9.59 Å². The second-order valence-electron chi connectivity index (χ2n) is 8.17. The topological polar surface area (TPSA) is 127 Å². The van der Waals surface area contributed by atoms with Crippen LogP contribution in [0.5, 0.6) is 17.2 Å². The second-order valence-corrected chi connectivity index (χ2v) is 8.17. The minimum atomic E-state index is -0.566. The van der Waals surface area contributed by atoms with E-state index in [1.807, 2.05) is 20.8 Å². The van der Waals surface area contributed by atoms with Gasteiger partial charge in [0.2, 0.25) is 5.75 Å². The third kappa shape index (κ3) is 5.16. The highest BCUT2D eigenvalue weighted by Crippen LogP contribution is 2.40. The minimum Gasteiger partial charge on any atom is -0.493 e. The van der Waals surface area contributed by atoms with Crippen LogP contribution in [0.25, 0.3) is 0 Å². The molecular formula is C21H29N5O6. The highest BCUT2D eigenvalue weighted by Gasteiger charge is 2.29. The highest BCUT2D eigenvalue weighted by molar-refractivity contribution is 6.00. The van der Waals surface area contributed by atoms with Gasteiger partial charge in [0, 0.05) is 24.2 Å². The summed E-state index contributed by atoms with van der Waals surface area (Å²) < 4.78 is 21.3. The predicted octanol–water partition coefficient (Wildman–Crippen LogP) is 3.37. The van der Waals surface area contributed by atoms with Crippen molar-refractivity contribution in [3.8, 4) is 17.2 Å². The van der Waals surface area contributed by atoms with Gasteiger partial charge >= 0.3 is 12.1 Å². The number of hydrogen-bond donors (Lipinski definition) is 3. The fourth-order valence-electron chi connectivity index (χ4n) is 3.33. The van der Waals surface area contributed by atoms with E-state index in [0.717, 1.165) is 11.3 Å². The van der Waals surface area contributed by atoms with Gasteiger partial charge in [-0.25, -0.2) is 9.59 Å². The second kappa shape index (κ2) is 9.25. The van der Waals surface area contributed by atoms with Gasteiger partial charge in [0.25, 0.3) is 0 Å². The Labute approximate surface area is 186 Å². The highest BCUT2D eigenvalue weighted by atomic mass is 16.6. The Bertz CT molecular complexity index is 972. The number of urea groups is 1. The third-order valence-corrected chi connectivity index (χ3v) is 4.74. The molecule has 174 valence electrons. The van der Waals surface area contributed by atoms with E-state index in [2.05, 4.69) is 20.8 Å². The van der Waals surface area contributed by atoms with Gasteiger partial charge in [0.1, 0.15) is 5.60 Å². The maximum Gasteiger partial charge on any atom is 0.410 e. The number of carbonyl (C=O) groups excluding carboxylic acids is 2. The van der Waals surface area contributed by atoms with Gasteiger partial charge in [-0.3, -0.25) is 10.4 Å². The average molecular weight is 447 g/mol. The van der Waals surface area contributed by atoms with Crippen molar-refractivity contribution in [2.45, 2.75) is 39.3 Å². The smallest absolute Gasteiger partial charge is 0.410 e. The quantitative estimate of drug-likeness (QED) is 0.641. The number of benzene rings is 1. The zero-order valence-corrected chi connectivity index (χ0v) is 19.1. The maximum atomic E-state index is 12.6. The molecule has 3 amide bonds. The van der Waals surface area contributed by atoms with Crippen molar-refractivity contribution in [1.82, 2.24) is 15.1 Å². The molecule has 0 saturated carbocycles. The Balaban J connectivity index is 1.68. The molecule has 0 aliphatic carbocycles. The first-order valence-electron chi connectivity index (χ1n) is 10.1. The molecular weight excluding hydrogens is 418 g/mol. The van der Waals surface area contributed by atoms with Crippen LogP contribution in [0.1, 0.15) is 32.0 Å². The van der Waals surface area contributed by atoms with Gasteiger partial charge < -0.3 is 29.2 Å². The molecule has 0 atom stereocenters. The standard InChI is InChI=1S/C21H29N5O6/c1-21(2,3)32-20(28)26-8-7-13-14(11-26)24-25-18(13)23-19(27)22-12-9-15(29-4)17(31-6)16(10-12)30-5/h9-10H,7-8,11H2,1-6H3,(H3,22,23,24,25,27). The average Bonchev–Trinajstić information content (AvgIpc) is 3.13. The predicted molar refractivity (Wildman–Crippen MR) is 118 cm³/mol. The third-order valence-electron chi connectivity index (χ3n) is 4.74. The molecule has 0 unspecified atom stereocenters. The minimum absolute atomic E-state index is 0.327. The summed E-state index contributed by atoms with van der Waals surface area (Å²) in [5, 5.41) is 12.6. The molecule has 1 aromatic heterocycles. The van der Waals surface area contributed by atoms with Crippen molar-refractivity contribution in [3.05, 3.63) is 23.4 Å². The summed E-state index contributed by atoms with van der Waals surface area (Å²) in [4.78, 5) is 26.5. The molecule has 3 rings (SSSR count). The summed E-state index contributed by atoms with van der Waals surface area (Å²) in [5.41, 5.74) is 1.50. The number of rotatable bonds is 5. The number of aromatic nitrogens is 2. The lowest BCUT2D eigenvalue weighted by atomic mass is 10.1. The fraction of sp³-hybridized carbons (Fsp3) is 0.476. The molecule has 1 aromatic carbocycles. The van der Waals surface area contributed by atoms with E-state index in [1.54, 1.807) is 17.0 Å². The van der Waals surface area contributed by atoms with Gasteiger partial charge in [-0.15, -0.1) is 0 Å². The van der Waals surface area contributed by atoms with Crippen LogP contribution < -0.4 is 24.8 Å². The summed E-state index contributed by atoms with van der Waals surface area (Å²) in [6.45, 7) is 6.26. The van der Waals surface area contributed by atoms with Gasteiger partial charge in [-0.05, 0) is 27.2 Å². The van der Waals surface area contributed by atoms with Crippen LogP contribution in [0, 0.1) is 0 Å². The molecule has 2 aromatic rings. The first kappa shape index (κ1) is 23.0. The van der Waals surface area contributed by atoms with Gasteiger partial charge in [-0.2, -0.15) is 5.10 Å². The summed E-state index contributed by atoms with van der Waals surface area (Å²) >= 11 is 0. The Morgan fingerprint density at radius 1 is 1.06 bits per heavy atom. The lowest BCUT2D eigenvalue weighted by Gasteiger charge is -2.29. The molecule has 32 heavy (non-hydrogen) atoms. The lowest BCUT2D eigenvalue weighted by molar-refractivity contribution is 0.0221. The number of hydrogen-bond acceptors (Lipinski definition) is 7. The molecule has 0 saturated heterocycles. The fourth-order valence-corrected chi connectivity index (χ4v) is 3.33. The van der Waals surface area contributed by atoms with Crippen LogP contribution in [0.15, 0.2) is 12.1 Å². The van der Waals surface area contributed by atoms with Gasteiger partial charge in [0.05, 0.1) is 39.3 Å². The number of aromatic amines is 1. The Kier molecular flexibility index (Phi) is 6.66. The summed E-state index contributed by atoms with van der Waals surface area (Å²) in [5.74, 6) is 1.67. The molecule has 1 aliphatic heterocycles. The molecule has 0 fully saturated rings. The first-order chi connectivity index (χ1) is 15.1. The van der Waals surface area contributed by atoms with Crippen molar-refractivity contribution in [1.29, 1.82) is 0 Å². The molecule has 0 radical (unpaired) electrons. The van der Waals surface area contributed by atoms with E-state index < -0.39 is 11.6 Å². The van der Waals surface area contributed by atoms with Crippen LogP contribution in [-0.2, 0) is 17.7 Å². The lowest BCUT2D eigenvalue weighted by Crippen LogP contribution is -2.40. The van der Waals surface area contributed by atoms with Crippen LogP contribution >= 0.6 is 0 Å². The number of anilines is 2. The zero-order valence-electron chi connectivity index (χ0n) is 19.1. The van der Waals surface area contributed by atoms with E-state index in [4.69, 9.17) is 18.9 Å².